The first kappa shape index (κ1) is 29.5. The van der Waals surface area contributed by atoms with Crippen molar-refractivity contribution in [2.75, 3.05) is 44.2 Å². The Morgan fingerprint density at radius 1 is 0.953 bits per heavy atom. The summed E-state index contributed by atoms with van der Waals surface area (Å²) in [5.41, 5.74) is 4.18. The van der Waals surface area contributed by atoms with E-state index >= 15 is 0 Å². The fourth-order valence-corrected chi connectivity index (χ4v) is 6.67. The maximum atomic E-state index is 14.0. The van der Waals surface area contributed by atoms with Crippen LogP contribution in [-0.2, 0) is 16.1 Å². The molecule has 2 fully saturated rings. The number of piperidine rings is 1. The molecule has 0 bridgehead atoms. The number of ether oxygens (including phenoxy) is 1. The number of alkyl halides is 1. The van der Waals surface area contributed by atoms with Gasteiger partial charge >= 0.3 is 0 Å². The van der Waals surface area contributed by atoms with E-state index in [1.165, 1.54) is 5.56 Å². The molecule has 3 heterocycles. The van der Waals surface area contributed by atoms with E-state index < -0.39 is 11.4 Å². The van der Waals surface area contributed by atoms with Gasteiger partial charge in [-0.05, 0) is 48.2 Å². The van der Waals surface area contributed by atoms with E-state index in [2.05, 4.69) is 39.0 Å². The van der Waals surface area contributed by atoms with Crippen molar-refractivity contribution >= 4 is 29.1 Å². The lowest BCUT2D eigenvalue weighted by atomic mass is 10.0. The first-order chi connectivity index (χ1) is 21.1. The van der Waals surface area contributed by atoms with Gasteiger partial charge in [0, 0.05) is 51.7 Å². The van der Waals surface area contributed by atoms with Crippen LogP contribution >= 0.6 is 11.6 Å². The Kier molecular flexibility index (Phi) is 9.46. The molecule has 3 aliphatic heterocycles. The standard InChI is InChI=1S/C34H40ClN5O3/c35-32(24-9-2-1-3-10-24)33(38-31(41)21-28-27-13-5-4-11-25(27)22-37-28)34(42)40-19-17-39(18-20-40)29-14-6-7-15-30(29)43-26-12-8-16-36-23-26/h1-7,9-11,13-15,26,28,32-33,36-37H,8,12,16-23H2,(H,38,41)/t26?,28?,32-,33?/m1/s1. The summed E-state index contributed by atoms with van der Waals surface area (Å²) in [4.78, 5) is 31.5. The van der Waals surface area contributed by atoms with E-state index in [0.717, 1.165) is 55.0 Å². The molecular formula is C34H40ClN5O3. The van der Waals surface area contributed by atoms with Gasteiger partial charge in [0.25, 0.3) is 0 Å². The minimum atomic E-state index is -0.880. The highest BCUT2D eigenvalue weighted by molar-refractivity contribution is 6.23. The van der Waals surface area contributed by atoms with Crippen LogP contribution in [0.1, 0.15) is 47.4 Å². The summed E-state index contributed by atoms with van der Waals surface area (Å²) in [6.45, 7) is 5.01. The van der Waals surface area contributed by atoms with Crippen LogP contribution < -0.4 is 25.6 Å². The molecule has 0 aliphatic carbocycles. The minimum absolute atomic E-state index is 0.0901. The minimum Gasteiger partial charge on any atom is -0.487 e. The van der Waals surface area contributed by atoms with Gasteiger partial charge in [0.1, 0.15) is 17.9 Å². The Labute approximate surface area is 258 Å². The third-order valence-corrected chi connectivity index (χ3v) is 9.20. The summed E-state index contributed by atoms with van der Waals surface area (Å²) in [5, 5.41) is 9.17. The van der Waals surface area contributed by atoms with Crippen LogP contribution in [0.5, 0.6) is 5.75 Å². The smallest absolute Gasteiger partial charge is 0.247 e. The lowest BCUT2D eigenvalue weighted by Crippen LogP contribution is -2.56. The van der Waals surface area contributed by atoms with E-state index in [0.29, 0.717) is 26.2 Å². The molecule has 2 saturated heterocycles. The predicted molar refractivity (Wildman–Crippen MR) is 169 cm³/mol. The quantitative estimate of drug-likeness (QED) is 0.319. The van der Waals surface area contributed by atoms with Crippen molar-refractivity contribution in [1.29, 1.82) is 0 Å². The molecule has 3 aromatic carbocycles. The lowest BCUT2D eigenvalue weighted by molar-refractivity contribution is -0.137. The number of benzene rings is 3. The summed E-state index contributed by atoms with van der Waals surface area (Å²) in [6.07, 6.45) is 2.55. The van der Waals surface area contributed by atoms with Crippen molar-refractivity contribution in [1.82, 2.24) is 20.9 Å². The molecule has 3 N–H and O–H groups in total. The highest BCUT2D eigenvalue weighted by Gasteiger charge is 2.36. The fraction of sp³-hybridized carbons (Fsp3) is 0.412. The van der Waals surface area contributed by atoms with Crippen LogP contribution in [0, 0.1) is 0 Å². The zero-order chi connectivity index (χ0) is 29.6. The number of piperazine rings is 1. The third kappa shape index (κ3) is 6.98. The molecule has 8 nitrogen and oxygen atoms in total. The Hall–Kier alpha value is -3.59. The van der Waals surface area contributed by atoms with E-state index in [1.807, 2.05) is 65.6 Å². The van der Waals surface area contributed by atoms with Crippen molar-refractivity contribution in [2.45, 2.75) is 49.4 Å². The van der Waals surface area contributed by atoms with Crippen LogP contribution in [0.15, 0.2) is 78.9 Å². The van der Waals surface area contributed by atoms with Gasteiger partial charge in [-0.2, -0.15) is 0 Å². The van der Waals surface area contributed by atoms with Crippen LogP contribution in [0.2, 0.25) is 0 Å². The van der Waals surface area contributed by atoms with Gasteiger partial charge in [-0.1, -0.05) is 66.7 Å². The largest absolute Gasteiger partial charge is 0.487 e. The summed E-state index contributed by atoms with van der Waals surface area (Å²) >= 11 is 6.96. The number of rotatable bonds is 9. The van der Waals surface area contributed by atoms with Crippen molar-refractivity contribution in [3.8, 4) is 5.75 Å². The number of amides is 2. The van der Waals surface area contributed by atoms with Gasteiger partial charge in [-0.25, -0.2) is 0 Å². The van der Waals surface area contributed by atoms with Gasteiger partial charge in [0.05, 0.1) is 11.1 Å². The summed E-state index contributed by atoms with van der Waals surface area (Å²) in [5.74, 6) is 0.526. The summed E-state index contributed by atoms with van der Waals surface area (Å²) < 4.78 is 6.40. The van der Waals surface area contributed by atoms with Crippen molar-refractivity contribution in [2.24, 2.45) is 0 Å². The molecule has 4 atom stereocenters. The number of nitrogens with zero attached hydrogens (tertiary/aromatic N) is 2. The lowest BCUT2D eigenvalue weighted by Gasteiger charge is -2.39. The molecule has 226 valence electrons. The van der Waals surface area contributed by atoms with Crippen LogP contribution in [-0.4, -0.2) is 68.1 Å². The number of nitrogens with one attached hydrogen (secondary N) is 3. The fourth-order valence-electron chi connectivity index (χ4n) is 6.35. The van der Waals surface area contributed by atoms with E-state index in [9.17, 15) is 9.59 Å². The zero-order valence-corrected chi connectivity index (χ0v) is 25.1. The molecule has 0 spiro atoms. The van der Waals surface area contributed by atoms with Crippen molar-refractivity contribution in [3.05, 3.63) is 95.6 Å². The maximum Gasteiger partial charge on any atom is 0.247 e. The number of fused-ring (bicyclic) bond motifs is 1. The normalized spacial score (nSPS) is 21.5. The van der Waals surface area contributed by atoms with E-state index in [1.54, 1.807) is 0 Å². The van der Waals surface area contributed by atoms with Gasteiger partial charge in [-0.15, -0.1) is 11.6 Å². The van der Waals surface area contributed by atoms with Gasteiger partial charge in [0.15, 0.2) is 0 Å². The van der Waals surface area contributed by atoms with Crippen LogP contribution in [0.25, 0.3) is 0 Å². The number of hydrogen-bond donors (Lipinski definition) is 3. The van der Waals surface area contributed by atoms with Crippen molar-refractivity contribution in [3.63, 3.8) is 0 Å². The zero-order valence-electron chi connectivity index (χ0n) is 24.4. The average Bonchev–Trinajstić information content (AvgIpc) is 3.46. The molecule has 3 aromatic rings. The number of hydrogen-bond acceptors (Lipinski definition) is 6. The molecule has 2 amide bonds. The average molecular weight is 602 g/mol. The van der Waals surface area contributed by atoms with Gasteiger partial charge in [-0.3, -0.25) is 9.59 Å². The highest BCUT2D eigenvalue weighted by Crippen LogP contribution is 2.32. The molecule has 43 heavy (non-hydrogen) atoms. The maximum absolute atomic E-state index is 14.0. The summed E-state index contributed by atoms with van der Waals surface area (Å²) in [7, 11) is 0. The molecule has 0 radical (unpaired) electrons. The Morgan fingerprint density at radius 3 is 2.49 bits per heavy atom. The second kappa shape index (κ2) is 13.8. The van der Waals surface area contributed by atoms with E-state index in [-0.39, 0.29) is 30.4 Å². The first-order valence-electron chi connectivity index (χ1n) is 15.4. The molecule has 6 rings (SSSR count). The predicted octanol–water partition coefficient (Wildman–Crippen LogP) is 4.17. The molecule has 0 saturated carbocycles. The first-order valence-corrected chi connectivity index (χ1v) is 15.8. The van der Waals surface area contributed by atoms with E-state index in [4.69, 9.17) is 16.3 Å². The topological polar surface area (TPSA) is 85.9 Å². The molecule has 9 heteroatoms. The number of carbonyl (C=O) groups excluding carboxylic acids is 2. The highest BCUT2D eigenvalue weighted by atomic mass is 35.5. The SMILES string of the molecule is O=C(CC1NCc2ccccc21)NC(C(=O)N1CCN(c2ccccc2OC2CCCNC2)CC1)[C@H](Cl)c1ccccc1. The number of anilines is 1. The Balaban J connectivity index is 1.12. The third-order valence-electron chi connectivity index (χ3n) is 8.69. The second-order valence-corrected chi connectivity index (χ2v) is 12.0. The molecule has 3 unspecified atom stereocenters. The van der Waals surface area contributed by atoms with Crippen molar-refractivity contribution < 1.29 is 14.3 Å². The number of para-hydroxylation sites is 2. The van der Waals surface area contributed by atoms with Crippen LogP contribution in [0.4, 0.5) is 5.69 Å². The van der Waals surface area contributed by atoms with Gasteiger partial charge < -0.3 is 30.5 Å². The molecular weight excluding hydrogens is 562 g/mol. The number of carbonyl (C=O) groups is 2. The second-order valence-electron chi connectivity index (χ2n) is 11.6. The van der Waals surface area contributed by atoms with Crippen LogP contribution in [0.3, 0.4) is 0 Å². The number of halogens is 1. The Bertz CT molecular complexity index is 1390. The molecule has 3 aliphatic rings. The van der Waals surface area contributed by atoms with Gasteiger partial charge in [0.2, 0.25) is 11.8 Å². The monoisotopic (exact) mass is 601 g/mol. The molecule has 0 aromatic heterocycles. The Morgan fingerprint density at radius 2 is 1.70 bits per heavy atom. The summed E-state index contributed by atoms with van der Waals surface area (Å²) in [6, 6.07) is 24.8.